The summed E-state index contributed by atoms with van der Waals surface area (Å²) in [5.41, 5.74) is 0.000112. The summed E-state index contributed by atoms with van der Waals surface area (Å²) in [5.74, 6) is 1.67. The Balaban J connectivity index is 2.24. The summed E-state index contributed by atoms with van der Waals surface area (Å²) in [6.45, 7) is 6.67. The van der Waals surface area contributed by atoms with Crippen LogP contribution in [-0.2, 0) is 0 Å². The van der Waals surface area contributed by atoms with E-state index < -0.39 is 0 Å². The minimum absolute atomic E-state index is 0.000112. The van der Waals surface area contributed by atoms with Gasteiger partial charge in [-0.05, 0) is 37.1 Å². The molecule has 2 N–H and O–H groups in total. The maximum absolute atomic E-state index is 9.48. The van der Waals surface area contributed by atoms with Crippen LogP contribution in [0, 0.1) is 5.41 Å². The van der Waals surface area contributed by atoms with E-state index in [1.807, 2.05) is 24.3 Å². The molecule has 0 spiro atoms. The molecule has 0 aromatic heterocycles. The van der Waals surface area contributed by atoms with E-state index in [-0.39, 0.29) is 12.0 Å². The Hall–Kier alpha value is -1.26. The van der Waals surface area contributed by atoms with Gasteiger partial charge in [0, 0.05) is 25.1 Å². The normalized spacial score (nSPS) is 11.4. The monoisotopic (exact) mass is 281 g/mol. The highest BCUT2D eigenvalue weighted by Crippen LogP contribution is 2.24. The summed E-state index contributed by atoms with van der Waals surface area (Å²) < 4.78 is 10.7. The number of aliphatic hydroxyl groups is 1. The third-order valence-corrected chi connectivity index (χ3v) is 3.94. The molecule has 0 atom stereocenters. The van der Waals surface area contributed by atoms with E-state index in [1.54, 1.807) is 7.11 Å². The summed E-state index contributed by atoms with van der Waals surface area (Å²) in [7, 11) is 1.65. The zero-order valence-electron chi connectivity index (χ0n) is 12.8. The fourth-order valence-corrected chi connectivity index (χ4v) is 2.05. The molecule has 0 radical (unpaired) electrons. The molecule has 0 aliphatic rings. The minimum Gasteiger partial charge on any atom is -0.497 e. The Bertz CT molecular complexity index is 352. The molecule has 0 fully saturated rings. The molecule has 1 rings (SSSR count). The fraction of sp³-hybridized carbons (Fsp3) is 0.625. The smallest absolute Gasteiger partial charge is 0.119 e. The van der Waals surface area contributed by atoms with Crippen molar-refractivity contribution in [1.29, 1.82) is 0 Å². The van der Waals surface area contributed by atoms with Gasteiger partial charge in [-0.25, -0.2) is 0 Å². The first-order valence-corrected chi connectivity index (χ1v) is 7.28. The van der Waals surface area contributed by atoms with Gasteiger partial charge in [0.15, 0.2) is 0 Å². The molecule has 0 aliphatic carbocycles. The summed E-state index contributed by atoms with van der Waals surface area (Å²) in [6.07, 6.45) is 1.96. The molecule has 0 unspecified atom stereocenters. The van der Waals surface area contributed by atoms with Gasteiger partial charge in [-0.15, -0.1) is 0 Å². The first-order valence-electron chi connectivity index (χ1n) is 7.28. The summed E-state index contributed by atoms with van der Waals surface area (Å²) in [4.78, 5) is 0. The molecular formula is C16H27NO3. The molecular weight excluding hydrogens is 254 g/mol. The third kappa shape index (κ3) is 5.02. The van der Waals surface area contributed by atoms with Crippen molar-refractivity contribution in [3.05, 3.63) is 24.3 Å². The van der Waals surface area contributed by atoms with Crippen LogP contribution in [0.2, 0.25) is 0 Å². The topological polar surface area (TPSA) is 50.7 Å². The Morgan fingerprint density at radius 2 is 1.70 bits per heavy atom. The standard InChI is InChI=1S/C16H27NO3/c1-4-16(5-2,13-18)12-17-10-11-20-15-8-6-14(19-3)7-9-15/h6-9,17-18H,4-5,10-13H2,1-3H3. The molecule has 0 aliphatic heterocycles. The van der Waals surface area contributed by atoms with Crippen LogP contribution in [0.5, 0.6) is 11.5 Å². The van der Waals surface area contributed by atoms with E-state index in [0.717, 1.165) is 37.4 Å². The Morgan fingerprint density at radius 1 is 1.10 bits per heavy atom. The third-order valence-electron chi connectivity index (χ3n) is 3.94. The zero-order valence-corrected chi connectivity index (χ0v) is 12.8. The second-order valence-corrected chi connectivity index (χ2v) is 5.07. The highest BCUT2D eigenvalue weighted by atomic mass is 16.5. The summed E-state index contributed by atoms with van der Waals surface area (Å²) in [6, 6.07) is 7.56. The average molecular weight is 281 g/mol. The van der Waals surface area contributed by atoms with E-state index >= 15 is 0 Å². The lowest BCUT2D eigenvalue weighted by Crippen LogP contribution is -2.38. The van der Waals surface area contributed by atoms with Gasteiger partial charge in [0.1, 0.15) is 18.1 Å². The van der Waals surface area contributed by atoms with Crippen molar-refractivity contribution in [2.75, 3.05) is 33.4 Å². The van der Waals surface area contributed by atoms with Gasteiger partial charge in [-0.1, -0.05) is 13.8 Å². The van der Waals surface area contributed by atoms with Gasteiger partial charge in [-0.2, -0.15) is 0 Å². The predicted molar refractivity (Wildman–Crippen MR) is 81.5 cm³/mol. The molecule has 20 heavy (non-hydrogen) atoms. The molecule has 4 heteroatoms. The van der Waals surface area contributed by atoms with Crippen LogP contribution in [0.15, 0.2) is 24.3 Å². The van der Waals surface area contributed by atoms with Gasteiger partial charge in [0.25, 0.3) is 0 Å². The molecule has 0 bridgehead atoms. The molecule has 0 saturated heterocycles. The van der Waals surface area contributed by atoms with Crippen LogP contribution in [0.1, 0.15) is 26.7 Å². The quantitative estimate of drug-likeness (QED) is 0.647. The van der Waals surface area contributed by atoms with Crippen molar-refractivity contribution in [2.45, 2.75) is 26.7 Å². The Labute approximate surface area is 122 Å². The average Bonchev–Trinajstić information content (AvgIpc) is 2.52. The van der Waals surface area contributed by atoms with Crippen LogP contribution in [0.3, 0.4) is 0 Å². The van der Waals surface area contributed by atoms with Crippen molar-refractivity contribution in [1.82, 2.24) is 5.32 Å². The van der Waals surface area contributed by atoms with Crippen LogP contribution in [-0.4, -0.2) is 38.5 Å². The lowest BCUT2D eigenvalue weighted by Gasteiger charge is -2.29. The molecule has 1 aromatic carbocycles. The first kappa shape index (κ1) is 16.8. The van der Waals surface area contributed by atoms with E-state index in [1.165, 1.54) is 0 Å². The Kier molecular flexibility index (Phi) is 7.41. The van der Waals surface area contributed by atoms with E-state index in [2.05, 4.69) is 19.2 Å². The molecule has 114 valence electrons. The number of aliphatic hydroxyl groups excluding tert-OH is 1. The van der Waals surface area contributed by atoms with Crippen molar-refractivity contribution in [3.63, 3.8) is 0 Å². The number of ether oxygens (including phenoxy) is 2. The number of nitrogens with one attached hydrogen (secondary N) is 1. The van der Waals surface area contributed by atoms with E-state index in [0.29, 0.717) is 6.61 Å². The lowest BCUT2D eigenvalue weighted by atomic mass is 9.83. The second-order valence-electron chi connectivity index (χ2n) is 5.07. The molecule has 1 aromatic rings. The van der Waals surface area contributed by atoms with E-state index in [9.17, 15) is 5.11 Å². The molecule has 0 heterocycles. The molecule has 0 saturated carbocycles. The number of methoxy groups -OCH3 is 1. The first-order chi connectivity index (χ1) is 9.69. The zero-order chi connectivity index (χ0) is 14.8. The number of hydrogen-bond donors (Lipinski definition) is 2. The largest absolute Gasteiger partial charge is 0.497 e. The highest BCUT2D eigenvalue weighted by Gasteiger charge is 2.24. The van der Waals surface area contributed by atoms with Gasteiger partial charge < -0.3 is 19.9 Å². The van der Waals surface area contributed by atoms with Crippen LogP contribution < -0.4 is 14.8 Å². The minimum atomic E-state index is 0.000112. The number of hydrogen-bond acceptors (Lipinski definition) is 4. The lowest BCUT2D eigenvalue weighted by molar-refractivity contribution is 0.112. The fourth-order valence-electron chi connectivity index (χ4n) is 2.05. The van der Waals surface area contributed by atoms with Gasteiger partial charge in [0.2, 0.25) is 0 Å². The van der Waals surface area contributed by atoms with Crippen molar-refractivity contribution in [3.8, 4) is 11.5 Å². The number of benzene rings is 1. The van der Waals surface area contributed by atoms with Crippen molar-refractivity contribution < 1.29 is 14.6 Å². The van der Waals surface area contributed by atoms with Gasteiger partial charge in [-0.3, -0.25) is 0 Å². The highest BCUT2D eigenvalue weighted by molar-refractivity contribution is 5.31. The summed E-state index contributed by atoms with van der Waals surface area (Å²) in [5, 5.41) is 12.8. The maximum atomic E-state index is 9.48. The van der Waals surface area contributed by atoms with Crippen molar-refractivity contribution >= 4 is 0 Å². The maximum Gasteiger partial charge on any atom is 0.119 e. The second kappa shape index (κ2) is 8.82. The SMILES string of the molecule is CCC(CC)(CO)CNCCOc1ccc(OC)cc1. The van der Waals surface area contributed by atoms with Crippen LogP contribution in [0.4, 0.5) is 0 Å². The Morgan fingerprint density at radius 3 is 2.20 bits per heavy atom. The van der Waals surface area contributed by atoms with E-state index in [4.69, 9.17) is 9.47 Å². The van der Waals surface area contributed by atoms with Crippen LogP contribution >= 0.6 is 0 Å². The summed E-state index contributed by atoms with van der Waals surface area (Å²) >= 11 is 0. The van der Waals surface area contributed by atoms with Crippen molar-refractivity contribution in [2.24, 2.45) is 5.41 Å². The predicted octanol–water partition coefficient (Wildman–Crippen LogP) is 2.46. The molecule has 0 amide bonds. The molecule has 4 nitrogen and oxygen atoms in total. The number of rotatable bonds is 10. The van der Waals surface area contributed by atoms with Crippen LogP contribution in [0.25, 0.3) is 0 Å². The van der Waals surface area contributed by atoms with Gasteiger partial charge in [0.05, 0.1) is 7.11 Å². The van der Waals surface area contributed by atoms with Gasteiger partial charge >= 0.3 is 0 Å².